The summed E-state index contributed by atoms with van der Waals surface area (Å²) in [7, 11) is 1.94. The number of H-pyrrole nitrogens is 1. The van der Waals surface area contributed by atoms with E-state index in [2.05, 4.69) is 32.2 Å². The van der Waals surface area contributed by atoms with Crippen molar-refractivity contribution in [1.29, 1.82) is 0 Å². The van der Waals surface area contributed by atoms with E-state index in [1.54, 1.807) is 6.33 Å². The summed E-state index contributed by atoms with van der Waals surface area (Å²) < 4.78 is 1.92. The maximum absolute atomic E-state index is 4.24. The standard InChI is InChI=1S/C10H16N6/c1-4-16(9-5-8(2)12-14-9)6-10-13-11-7-15(10)3/h5,7H,4,6H2,1-3H3,(H,12,14). The van der Waals surface area contributed by atoms with Crippen molar-refractivity contribution in [3.8, 4) is 0 Å². The smallest absolute Gasteiger partial charge is 0.152 e. The van der Waals surface area contributed by atoms with Crippen LogP contribution in [0.2, 0.25) is 0 Å². The molecule has 0 saturated carbocycles. The summed E-state index contributed by atoms with van der Waals surface area (Å²) in [5.74, 6) is 1.88. The Hall–Kier alpha value is -1.85. The number of aryl methyl sites for hydroxylation is 2. The fourth-order valence-electron chi connectivity index (χ4n) is 1.54. The van der Waals surface area contributed by atoms with Gasteiger partial charge in [0.05, 0.1) is 6.54 Å². The van der Waals surface area contributed by atoms with Gasteiger partial charge < -0.3 is 9.47 Å². The number of nitrogens with one attached hydrogen (secondary N) is 1. The maximum Gasteiger partial charge on any atom is 0.152 e. The molecule has 16 heavy (non-hydrogen) atoms. The van der Waals surface area contributed by atoms with Gasteiger partial charge in [-0.2, -0.15) is 5.10 Å². The topological polar surface area (TPSA) is 62.6 Å². The van der Waals surface area contributed by atoms with Crippen LogP contribution in [0.25, 0.3) is 0 Å². The van der Waals surface area contributed by atoms with E-state index in [0.29, 0.717) is 0 Å². The van der Waals surface area contributed by atoms with E-state index in [1.807, 2.05) is 24.6 Å². The molecule has 0 radical (unpaired) electrons. The quantitative estimate of drug-likeness (QED) is 0.830. The van der Waals surface area contributed by atoms with Gasteiger partial charge in [-0.15, -0.1) is 10.2 Å². The van der Waals surface area contributed by atoms with E-state index >= 15 is 0 Å². The van der Waals surface area contributed by atoms with E-state index in [1.165, 1.54) is 0 Å². The molecule has 0 atom stereocenters. The van der Waals surface area contributed by atoms with E-state index in [0.717, 1.165) is 30.4 Å². The van der Waals surface area contributed by atoms with Crippen LogP contribution in [0.1, 0.15) is 18.4 Å². The molecule has 0 aliphatic rings. The molecule has 0 aromatic carbocycles. The highest BCUT2D eigenvalue weighted by atomic mass is 15.3. The molecule has 0 saturated heterocycles. The highest BCUT2D eigenvalue weighted by molar-refractivity contribution is 5.38. The zero-order chi connectivity index (χ0) is 11.5. The molecular formula is C10H16N6. The Bertz CT molecular complexity index is 457. The number of anilines is 1. The number of aromatic amines is 1. The fourth-order valence-corrected chi connectivity index (χ4v) is 1.54. The lowest BCUT2D eigenvalue weighted by molar-refractivity contribution is 0.719. The summed E-state index contributed by atoms with van der Waals surface area (Å²) in [5.41, 5.74) is 1.06. The third-order valence-electron chi connectivity index (χ3n) is 2.54. The fraction of sp³-hybridized carbons (Fsp3) is 0.500. The van der Waals surface area contributed by atoms with E-state index < -0.39 is 0 Å². The second-order valence-electron chi connectivity index (χ2n) is 3.78. The zero-order valence-electron chi connectivity index (χ0n) is 9.80. The molecule has 0 amide bonds. The Labute approximate surface area is 94.3 Å². The van der Waals surface area contributed by atoms with Gasteiger partial charge in [-0.25, -0.2) is 0 Å². The Morgan fingerprint density at radius 1 is 1.50 bits per heavy atom. The van der Waals surface area contributed by atoms with Crippen LogP contribution in [-0.4, -0.2) is 31.5 Å². The summed E-state index contributed by atoms with van der Waals surface area (Å²) in [6.07, 6.45) is 1.71. The van der Waals surface area contributed by atoms with Crippen molar-refractivity contribution in [2.75, 3.05) is 11.4 Å². The largest absolute Gasteiger partial charge is 0.348 e. The van der Waals surface area contributed by atoms with Crippen molar-refractivity contribution in [2.45, 2.75) is 20.4 Å². The lowest BCUT2D eigenvalue weighted by Gasteiger charge is -2.18. The van der Waals surface area contributed by atoms with Gasteiger partial charge in [-0.3, -0.25) is 5.10 Å². The summed E-state index contributed by atoms with van der Waals surface area (Å²) in [6, 6.07) is 2.03. The summed E-state index contributed by atoms with van der Waals surface area (Å²) in [6.45, 7) is 5.70. The van der Waals surface area contributed by atoms with Crippen molar-refractivity contribution >= 4 is 5.82 Å². The van der Waals surface area contributed by atoms with Crippen LogP contribution in [0.4, 0.5) is 5.82 Å². The number of aromatic nitrogens is 5. The second kappa shape index (κ2) is 4.34. The van der Waals surface area contributed by atoms with Crippen molar-refractivity contribution < 1.29 is 0 Å². The Balaban J connectivity index is 2.15. The molecule has 1 N–H and O–H groups in total. The molecule has 0 spiro atoms. The van der Waals surface area contributed by atoms with Crippen LogP contribution in [0.5, 0.6) is 0 Å². The average Bonchev–Trinajstić information content (AvgIpc) is 2.85. The SMILES string of the molecule is CCN(Cc1nncn1C)c1cc(C)[nH]n1. The first-order valence-electron chi connectivity index (χ1n) is 5.30. The van der Waals surface area contributed by atoms with Crippen molar-refractivity contribution in [3.05, 3.63) is 23.9 Å². The third kappa shape index (κ3) is 2.05. The number of nitrogens with zero attached hydrogens (tertiary/aromatic N) is 5. The lowest BCUT2D eigenvalue weighted by atomic mass is 10.4. The molecular weight excluding hydrogens is 204 g/mol. The Morgan fingerprint density at radius 2 is 2.31 bits per heavy atom. The van der Waals surface area contributed by atoms with Crippen LogP contribution >= 0.6 is 0 Å². The molecule has 2 aromatic heterocycles. The molecule has 0 bridgehead atoms. The Morgan fingerprint density at radius 3 is 2.81 bits per heavy atom. The van der Waals surface area contributed by atoms with Gasteiger partial charge in [0.1, 0.15) is 6.33 Å². The predicted molar refractivity (Wildman–Crippen MR) is 61.1 cm³/mol. The van der Waals surface area contributed by atoms with Gasteiger partial charge in [0.15, 0.2) is 11.6 Å². The summed E-state index contributed by atoms with van der Waals surface area (Å²) >= 11 is 0. The molecule has 0 fully saturated rings. The normalized spacial score (nSPS) is 10.7. The monoisotopic (exact) mass is 220 g/mol. The molecule has 6 heteroatoms. The minimum atomic E-state index is 0.720. The van der Waals surface area contributed by atoms with Gasteiger partial charge in [0.25, 0.3) is 0 Å². The van der Waals surface area contributed by atoms with Gasteiger partial charge in [0.2, 0.25) is 0 Å². The van der Waals surface area contributed by atoms with Gasteiger partial charge in [0, 0.05) is 25.4 Å². The summed E-state index contributed by atoms with van der Waals surface area (Å²) in [4.78, 5) is 2.15. The average molecular weight is 220 g/mol. The van der Waals surface area contributed by atoms with E-state index in [9.17, 15) is 0 Å². The van der Waals surface area contributed by atoms with Crippen molar-refractivity contribution in [1.82, 2.24) is 25.0 Å². The molecule has 2 heterocycles. The van der Waals surface area contributed by atoms with E-state index in [4.69, 9.17) is 0 Å². The van der Waals surface area contributed by atoms with E-state index in [-0.39, 0.29) is 0 Å². The molecule has 2 rings (SSSR count). The first kappa shape index (κ1) is 10.7. The van der Waals surface area contributed by atoms with Crippen molar-refractivity contribution in [2.24, 2.45) is 7.05 Å². The molecule has 0 aliphatic heterocycles. The predicted octanol–water partition coefficient (Wildman–Crippen LogP) is 0.873. The third-order valence-corrected chi connectivity index (χ3v) is 2.54. The molecule has 0 unspecified atom stereocenters. The summed E-state index contributed by atoms with van der Waals surface area (Å²) in [5, 5.41) is 15.1. The number of hydrogen-bond donors (Lipinski definition) is 1. The maximum atomic E-state index is 4.24. The van der Waals surface area contributed by atoms with Crippen LogP contribution in [0.3, 0.4) is 0 Å². The minimum absolute atomic E-state index is 0.720. The highest BCUT2D eigenvalue weighted by Crippen LogP contribution is 2.13. The number of hydrogen-bond acceptors (Lipinski definition) is 4. The molecule has 2 aromatic rings. The minimum Gasteiger partial charge on any atom is -0.348 e. The van der Waals surface area contributed by atoms with Crippen LogP contribution in [0, 0.1) is 6.92 Å². The molecule has 0 aliphatic carbocycles. The van der Waals surface area contributed by atoms with Crippen LogP contribution < -0.4 is 4.90 Å². The van der Waals surface area contributed by atoms with Crippen molar-refractivity contribution in [3.63, 3.8) is 0 Å². The number of rotatable bonds is 4. The molecule has 6 nitrogen and oxygen atoms in total. The van der Waals surface area contributed by atoms with Gasteiger partial charge in [-0.1, -0.05) is 0 Å². The van der Waals surface area contributed by atoms with Crippen LogP contribution in [-0.2, 0) is 13.6 Å². The first-order chi connectivity index (χ1) is 7.70. The highest BCUT2D eigenvalue weighted by Gasteiger charge is 2.11. The van der Waals surface area contributed by atoms with Gasteiger partial charge >= 0.3 is 0 Å². The van der Waals surface area contributed by atoms with Gasteiger partial charge in [-0.05, 0) is 13.8 Å². The lowest BCUT2D eigenvalue weighted by Crippen LogP contribution is -2.24. The van der Waals surface area contributed by atoms with Crippen LogP contribution in [0.15, 0.2) is 12.4 Å². The Kier molecular flexibility index (Phi) is 2.89. The first-order valence-corrected chi connectivity index (χ1v) is 5.30. The zero-order valence-corrected chi connectivity index (χ0v) is 9.80. The second-order valence-corrected chi connectivity index (χ2v) is 3.78. The molecule has 86 valence electrons.